The van der Waals surface area contributed by atoms with E-state index in [0.717, 1.165) is 44.8 Å². The Morgan fingerprint density at radius 2 is 1.09 bits per heavy atom. The first-order valence-electron chi connectivity index (χ1n) is 18.6. The molecule has 0 unspecified atom stereocenters. The molecule has 3 heterocycles. The van der Waals surface area contributed by atoms with Crippen LogP contribution in [0.1, 0.15) is 19.4 Å². The maximum Gasteiger partial charge on any atom is 0.138 e. The first-order chi connectivity index (χ1) is 26.7. The van der Waals surface area contributed by atoms with Gasteiger partial charge in [-0.1, -0.05) is 140 Å². The molecular formula is C51H37N3. The maximum absolute atomic E-state index is 5.36. The van der Waals surface area contributed by atoms with E-state index in [0.29, 0.717) is 0 Å². The summed E-state index contributed by atoms with van der Waals surface area (Å²) in [6.07, 6.45) is 6.44. The summed E-state index contributed by atoms with van der Waals surface area (Å²) in [7, 11) is 0. The van der Waals surface area contributed by atoms with Crippen LogP contribution in [0.3, 0.4) is 0 Å². The average Bonchev–Trinajstić information content (AvgIpc) is 3.75. The largest absolute Gasteiger partial charge is 0.309 e. The van der Waals surface area contributed by atoms with Crippen LogP contribution >= 0.6 is 0 Å². The van der Waals surface area contributed by atoms with Gasteiger partial charge in [-0.2, -0.15) is 0 Å². The molecule has 7 aromatic carbocycles. The average molecular weight is 692 g/mol. The highest BCUT2D eigenvalue weighted by Gasteiger charge is 2.18. The summed E-state index contributed by atoms with van der Waals surface area (Å²) in [6, 6.07) is 61.5. The van der Waals surface area contributed by atoms with Gasteiger partial charge in [0.25, 0.3) is 0 Å². The van der Waals surface area contributed by atoms with Gasteiger partial charge in [-0.15, -0.1) is 0 Å². The van der Waals surface area contributed by atoms with Crippen LogP contribution in [0.4, 0.5) is 0 Å². The number of hydrogen-bond donors (Lipinski definition) is 0. The molecule has 3 nitrogen and oxygen atoms in total. The maximum atomic E-state index is 5.36. The van der Waals surface area contributed by atoms with Gasteiger partial charge in [0.1, 0.15) is 5.82 Å². The summed E-state index contributed by atoms with van der Waals surface area (Å²) in [5.74, 6) is 0.896. The molecule has 0 aliphatic rings. The zero-order valence-corrected chi connectivity index (χ0v) is 30.2. The Hall–Kier alpha value is -6.97. The highest BCUT2D eigenvalue weighted by molar-refractivity contribution is 6.13. The fraction of sp³-hybridized carbons (Fsp3) is 0.0392. The minimum absolute atomic E-state index is 0.896. The van der Waals surface area contributed by atoms with Gasteiger partial charge in [-0.05, 0) is 90.0 Å². The van der Waals surface area contributed by atoms with E-state index in [1.165, 1.54) is 54.6 Å². The summed E-state index contributed by atoms with van der Waals surface area (Å²) in [5, 5.41) is 7.37. The zero-order chi connectivity index (χ0) is 36.2. The second-order valence-electron chi connectivity index (χ2n) is 13.9. The standard InChI is InChI=1S/C51H37N3/c1-3-15-34(4-2)39-31-45(36-17-6-5-7-18-36)52-51(33-39)54-48-24-13-10-21-41(48)43-28-26-38(32-50(43)54)37-27-29-49-44(30-37)42-22-11-12-23-47(42)53(49)46-25-14-19-35-16-8-9-20-40(35)46/h3-33H,1-2H3/b15-3-,34-4+. The van der Waals surface area contributed by atoms with Gasteiger partial charge in [0.05, 0.1) is 33.4 Å². The van der Waals surface area contributed by atoms with Crippen molar-refractivity contribution in [3.05, 3.63) is 194 Å². The van der Waals surface area contributed by atoms with Crippen LogP contribution in [0.15, 0.2) is 188 Å². The molecule has 10 aromatic rings. The molecule has 0 radical (unpaired) electrons. The van der Waals surface area contributed by atoms with Crippen LogP contribution in [0.2, 0.25) is 0 Å². The highest BCUT2D eigenvalue weighted by Crippen LogP contribution is 2.39. The Morgan fingerprint density at radius 3 is 1.89 bits per heavy atom. The van der Waals surface area contributed by atoms with Crippen LogP contribution in [-0.4, -0.2) is 14.1 Å². The third kappa shape index (κ3) is 5.08. The summed E-state index contributed by atoms with van der Waals surface area (Å²) in [4.78, 5) is 5.36. The molecular weight excluding hydrogens is 655 g/mol. The minimum atomic E-state index is 0.896. The number of fused-ring (bicyclic) bond motifs is 7. The van der Waals surface area contributed by atoms with E-state index in [1.54, 1.807) is 0 Å². The van der Waals surface area contributed by atoms with Crippen LogP contribution in [0.5, 0.6) is 0 Å². The molecule has 0 fully saturated rings. The third-order valence-corrected chi connectivity index (χ3v) is 10.8. The molecule has 0 aliphatic heterocycles. The van der Waals surface area contributed by atoms with E-state index >= 15 is 0 Å². The molecule has 0 N–H and O–H groups in total. The van der Waals surface area contributed by atoms with Gasteiger partial charge < -0.3 is 4.57 Å². The molecule has 0 bridgehead atoms. The van der Waals surface area contributed by atoms with E-state index in [-0.39, 0.29) is 0 Å². The van der Waals surface area contributed by atoms with Crippen molar-refractivity contribution < 1.29 is 0 Å². The lowest BCUT2D eigenvalue weighted by atomic mass is 10.0. The van der Waals surface area contributed by atoms with E-state index in [9.17, 15) is 0 Å². The second kappa shape index (κ2) is 12.9. The lowest BCUT2D eigenvalue weighted by molar-refractivity contribution is 1.08. The molecule has 0 saturated carbocycles. The summed E-state index contributed by atoms with van der Waals surface area (Å²) in [6.45, 7) is 4.16. The molecule has 54 heavy (non-hydrogen) atoms. The first-order valence-corrected chi connectivity index (χ1v) is 18.6. The molecule has 3 aromatic heterocycles. The minimum Gasteiger partial charge on any atom is -0.309 e. The number of para-hydroxylation sites is 2. The van der Waals surface area contributed by atoms with Gasteiger partial charge >= 0.3 is 0 Å². The molecule has 0 aliphatic carbocycles. The van der Waals surface area contributed by atoms with Crippen LogP contribution < -0.4 is 0 Å². The normalized spacial score (nSPS) is 12.3. The molecule has 3 heteroatoms. The predicted molar refractivity (Wildman–Crippen MR) is 230 cm³/mol. The summed E-state index contributed by atoms with van der Waals surface area (Å²) < 4.78 is 4.77. The van der Waals surface area contributed by atoms with Crippen LogP contribution in [-0.2, 0) is 0 Å². The topological polar surface area (TPSA) is 22.8 Å². The van der Waals surface area contributed by atoms with Crippen molar-refractivity contribution in [3.63, 3.8) is 0 Å². The SMILES string of the molecule is C/C=C\C(=C/C)c1cc(-c2ccccc2)nc(-n2c3ccccc3c3ccc(-c4ccc5c(c4)c4ccccc4n5-c4cccc5ccccc45)cc32)c1. The number of pyridine rings is 1. The monoisotopic (exact) mass is 691 g/mol. The lowest BCUT2D eigenvalue weighted by Gasteiger charge is -2.14. The molecule has 0 amide bonds. The third-order valence-electron chi connectivity index (χ3n) is 10.8. The van der Waals surface area contributed by atoms with Crippen molar-refractivity contribution >= 4 is 60.0 Å². The predicted octanol–water partition coefficient (Wildman–Crippen LogP) is 13.7. The van der Waals surface area contributed by atoms with Crippen molar-refractivity contribution in [2.75, 3.05) is 0 Å². The Balaban J connectivity index is 1.20. The fourth-order valence-corrected chi connectivity index (χ4v) is 8.30. The summed E-state index contributed by atoms with van der Waals surface area (Å²) in [5.41, 5.74) is 12.5. The Kier molecular flexibility index (Phi) is 7.59. The van der Waals surface area contributed by atoms with E-state index < -0.39 is 0 Å². The van der Waals surface area contributed by atoms with E-state index in [4.69, 9.17) is 4.98 Å². The number of rotatable bonds is 6. The van der Waals surface area contributed by atoms with Crippen LogP contribution in [0.25, 0.3) is 93.8 Å². The quantitative estimate of drug-likeness (QED) is 0.159. The van der Waals surface area contributed by atoms with Gasteiger partial charge in [-0.25, -0.2) is 4.98 Å². The van der Waals surface area contributed by atoms with Gasteiger partial charge in [0.2, 0.25) is 0 Å². The van der Waals surface area contributed by atoms with Crippen LogP contribution in [0, 0.1) is 0 Å². The number of hydrogen-bond acceptors (Lipinski definition) is 1. The highest BCUT2D eigenvalue weighted by atomic mass is 15.1. The fourth-order valence-electron chi connectivity index (χ4n) is 8.30. The Morgan fingerprint density at radius 1 is 0.463 bits per heavy atom. The summed E-state index contributed by atoms with van der Waals surface area (Å²) >= 11 is 0. The zero-order valence-electron chi connectivity index (χ0n) is 30.2. The first kappa shape index (κ1) is 31.7. The van der Waals surface area contributed by atoms with E-state index in [1.807, 2.05) is 0 Å². The molecule has 10 rings (SSSR count). The van der Waals surface area contributed by atoms with Gasteiger partial charge in [0.15, 0.2) is 0 Å². The van der Waals surface area contributed by atoms with E-state index in [2.05, 4.69) is 211 Å². The van der Waals surface area contributed by atoms with Crippen molar-refractivity contribution in [1.82, 2.24) is 14.1 Å². The molecule has 0 saturated heterocycles. The lowest BCUT2D eigenvalue weighted by Crippen LogP contribution is -2.01. The van der Waals surface area contributed by atoms with Crippen molar-refractivity contribution in [2.24, 2.45) is 0 Å². The van der Waals surface area contributed by atoms with Crippen molar-refractivity contribution in [2.45, 2.75) is 13.8 Å². The smallest absolute Gasteiger partial charge is 0.138 e. The number of nitrogens with zero attached hydrogens (tertiary/aromatic N) is 3. The molecule has 256 valence electrons. The molecule has 0 spiro atoms. The Bertz CT molecular complexity index is 3110. The van der Waals surface area contributed by atoms with Crippen molar-refractivity contribution in [1.29, 1.82) is 0 Å². The van der Waals surface area contributed by atoms with Crippen molar-refractivity contribution in [3.8, 4) is 33.9 Å². The van der Waals surface area contributed by atoms with Gasteiger partial charge in [0, 0.05) is 32.5 Å². The second-order valence-corrected chi connectivity index (χ2v) is 13.9. The van der Waals surface area contributed by atoms with Gasteiger partial charge in [-0.3, -0.25) is 4.57 Å². The number of allylic oxidation sites excluding steroid dienone is 4. The number of benzene rings is 7. The number of aromatic nitrogens is 3. The Labute approximate surface area is 314 Å². The molecule has 0 atom stereocenters.